The zero-order chi connectivity index (χ0) is 20.3. The lowest BCUT2D eigenvalue weighted by Crippen LogP contribution is -2.54. The third kappa shape index (κ3) is 4.07. The van der Waals surface area contributed by atoms with E-state index in [0.29, 0.717) is 0 Å². The minimum atomic E-state index is -1.53. The van der Waals surface area contributed by atoms with Crippen LogP contribution in [0.25, 0.3) is 0 Å². The summed E-state index contributed by atoms with van der Waals surface area (Å²) in [5.41, 5.74) is 0. The van der Waals surface area contributed by atoms with Gasteiger partial charge in [-0.05, 0) is 0 Å². The van der Waals surface area contributed by atoms with Crippen molar-refractivity contribution in [3.63, 3.8) is 0 Å². The van der Waals surface area contributed by atoms with Gasteiger partial charge in [0.05, 0.1) is 0 Å². The number of rotatable bonds is 4. The summed E-state index contributed by atoms with van der Waals surface area (Å²) in [5.74, 6) is 2.89. The molecule has 0 atom stereocenters. The maximum Gasteiger partial charge on any atom is 0.154 e. The van der Waals surface area contributed by atoms with Gasteiger partial charge in [-0.2, -0.15) is 0 Å². The molecule has 0 aliphatic carbocycles. The second kappa shape index (κ2) is 6.42. The highest BCUT2D eigenvalue weighted by Gasteiger charge is 2.45. The van der Waals surface area contributed by atoms with E-state index in [9.17, 15) is 0 Å². The lowest BCUT2D eigenvalue weighted by Gasteiger charge is -2.46. The van der Waals surface area contributed by atoms with Gasteiger partial charge < -0.3 is 18.3 Å². The van der Waals surface area contributed by atoms with Gasteiger partial charge in [0.2, 0.25) is 0 Å². The molecular weight excluding hydrogens is 385 g/mol. The van der Waals surface area contributed by atoms with Crippen LogP contribution in [-0.4, -0.2) is 51.2 Å². The van der Waals surface area contributed by atoms with Crippen molar-refractivity contribution in [3.8, 4) is 0 Å². The lowest BCUT2D eigenvalue weighted by atomic mass is 10.6. The van der Waals surface area contributed by atoms with Gasteiger partial charge in [0.15, 0.2) is 32.9 Å². The van der Waals surface area contributed by atoms with Gasteiger partial charge in [0.25, 0.3) is 0 Å². The van der Waals surface area contributed by atoms with E-state index in [1.54, 1.807) is 0 Å². The molecule has 0 saturated heterocycles. The summed E-state index contributed by atoms with van der Waals surface area (Å²) in [5, 5.41) is 0. The van der Waals surface area contributed by atoms with Crippen molar-refractivity contribution in [2.24, 2.45) is 0 Å². The van der Waals surface area contributed by atoms with Crippen molar-refractivity contribution < 1.29 is 0 Å². The van der Waals surface area contributed by atoms with Crippen LogP contribution in [0, 0.1) is 0 Å². The minimum absolute atomic E-state index is 1.44. The van der Waals surface area contributed by atoms with Crippen molar-refractivity contribution in [2.75, 3.05) is 0 Å². The molecule has 0 N–H and O–H groups in total. The van der Waals surface area contributed by atoms with Gasteiger partial charge >= 0.3 is 0 Å². The van der Waals surface area contributed by atoms with Crippen LogP contribution in [0.2, 0.25) is 78.6 Å². The molecule has 0 aromatic rings. The Labute approximate surface area is 166 Å². The molecule has 4 nitrogen and oxygen atoms in total. The van der Waals surface area contributed by atoms with Crippen LogP contribution in [0.15, 0.2) is 36.4 Å². The van der Waals surface area contributed by atoms with E-state index in [-0.39, 0.29) is 0 Å². The summed E-state index contributed by atoms with van der Waals surface area (Å²) < 4.78 is 10.5. The SMILES string of the molecule is C[Si](C)(C)N1C=CN([Si](C)(C)C)C1=C1N([Si](C)(C)C)C=CN1[Si](C)(C)C. The van der Waals surface area contributed by atoms with E-state index in [4.69, 9.17) is 0 Å². The fourth-order valence-electron chi connectivity index (χ4n) is 3.38. The molecule has 0 aromatic carbocycles. The monoisotopic (exact) mass is 424 g/mol. The molecule has 0 bridgehead atoms. The highest BCUT2D eigenvalue weighted by molar-refractivity contribution is 6.77. The van der Waals surface area contributed by atoms with Crippen LogP contribution in [0.5, 0.6) is 0 Å². The summed E-state index contributed by atoms with van der Waals surface area (Å²) in [6.07, 6.45) is 9.43. The molecule has 26 heavy (non-hydrogen) atoms. The number of hydrogen-bond donors (Lipinski definition) is 0. The minimum Gasteiger partial charge on any atom is -0.358 e. The normalized spacial score (nSPS) is 19.5. The fraction of sp³-hybridized carbons (Fsp3) is 0.667. The van der Waals surface area contributed by atoms with E-state index in [1.807, 2.05) is 0 Å². The third-order valence-corrected chi connectivity index (χ3v) is 12.0. The second-order valence-corrected chi connectivity index (χ2v) is 30.7. The second-order valence-electron chi connectivity index (χ2n) is 11.4. The molecule has 148 valence electrons. The number of hydrogen-bond acceptors (Lipinski definition) is 4. The molecule has 0 aromatic heterocycles. The Morgan fingerprint density at radius 2 is 0.538 bits per heavy atom. The van der Waals surface area contributed by atoms with E-state index < -0.39 is 32.9 Å². The first-order valence-electron chi connectivity index (χ1n) is 9.74. The Bertz CT molecular complexity index is 534. The van der Waals surface area contributed by atoms with E-state index >= 15 is 0 Å². The molecule has 2 aliphatic heterocycles. The third-order valence-electron chi connectivity index (χ3n) is 4.73. The summed E-state index contributed by atoms with van der Waals surface area (Å²) in [6.45, 7) is 29.4. The quantitative estimate of drug-likeness (QED) is 0.542. The first kappa shape index (κ1) is 21.6. The van der Waals surface area contributed by atoms with Crippen LogP contribution in [-0.2, 0) is 0 Å². The van der Waals surface area contributed by atoms with Gasteiger partial charge in [0, 0.05) is 24.8 Å². The van der Waals surface area contributed by atoms with E-state index in [0.717, 1.165) is 0 Å². The topological polar surface area (TPSA) is 13.0 Å². The standard InChI is InChI=1S/C18H40N4Si4/c1-23(2,3)19-13-14-20(24(4,5)6)17(19)18-21(25(7,8)9)15-16-22(18)26(10,11)12/h13-16H,1-12H3. The Morgan fingerprint density at radius 3 is 0.654 bits per heavy atom. The molecule has 2 rings (SSSR count). The average molecular weight is 425 g/mol. The first-order valence-corrected chi connectivity index (χ1v) is 23.5. The van der Waals surface area contributed by atoms with E-state index in [1.165, 1.54) is 11.6 Å². The highest BCUT2D eigenvalue weighted by atomic mass is 28.3. The van der Waals surface area contributed by atoms with Crippen molar-refractivity contribution in [1.29, 1.82) is 0 Å². The summed E-state index contributed by atoms with van der Waals surface area (Å²) in [6, 6.07) is 0. The molecule has 0 unspecified atom stereocenters. The van der Waals surface area contributed by atoms with Crippen LogP contribution in [0.3, 0.4) is 0 Å². The fourth-order valence-corrected chi connectivity index (χ4v) is 9.01. The zero-order valence-corrected chi connectivity index (χ0v) is 23.1. The summed E-state index contributed by atoms with van der Waals surface area (Å²) in [7, 11) is -6.14. The summed E-state index contributed by atoms with van der Waals surface area (Å²) in [4.78, 5) is 0. The predicted molar refractivity (Wildman–Crippen MR) is 126 cm³/mol. The van der Waals surface area contributed by atoms with Gasteiger partial charge in [-0.15, -0.1) is 0 Å². The van der Waals surface area contributed by atoms with E-state index in [2.05, 4.69) is 122 Å². The van der Waals surface area contributed by atoms with Crippen molar-refractivity contribution in [2.45, 2.75) is 78.6 Å². The number of nitrogens with zero attached hydrogens (tertiary/aromatic N) is 4. The van der Waals surface area contributed by atoms with Gasteiger partial charge in [-0.3, -0.25) is 0 Å². The molecule has 0 saturated carbocycles. The molecule has 0 amide bonds. The lowest BCUT2D eigenvalue weighted by molar-refractivity contribution is 0.466. The summed E-state index contributed by atoms with van der Waals surface area (Å²) >= 11 is 0. The Hall–Kier alpha value is -0.712. The van der Waals surface area contributed by atoms with Gasteiger partial charge in [-0.25, -0.2) is 0 Å². The van der Waals surface area contributed by atoms with Crippen LogP contribution < -0.4 is 0 Å². The van der Waals surface area contributed by atoms with Crippen LogP contribution in [0.4, 0.5) is 0 Å². The predicted octanol–water partition coefficient (Wildman–Crippen LogP) is 5.63. The smallest absolute Gasteiger partial charge is 0.154 e. The largest absolute Gasteiger partial charge is 0.358 e. The van der Waals surface area contributed by atoms with Gasteiger partial charge in [-0.1, -0.05) is 78.6 Å². The first-order chi connectivity index (χ1) is 11.5. The van der Waals surface area contributed by atoms with Crippen LogP contribution in [0.1, 0.15) is 0 Å². The highest BCUT2D eigenvalue weighted by Crippen LogP contribution is 2.40. The molecule has 0 spiro atoms. The molecular formula is C18H40N4Si4. The Balaban J connectivity index is 2.78. The maximum atomic E-state index is 2.63. The van der Waals surface area contributed by atoms with Gasteiger partial charge in [0.1, 0.15) is 11.6 Å². The molecule has 2 aliphatic rings. The van der Waals surface area contributed by atoms with Crippen molar-refractivity contribution in [1.82, 2.24) is 18.3 Å². The molecule has 8 heteroatoms. The van der Waals surface area contributed by atoms with Crippen molar-refractivity contribution >= 4 is 32.9 Å². The Morgan fingerprint density at radius 1 is 0.385 bits per heavy atom. The zero-order valence-electron chi connectivity index (χ0n) is 19.1. The van der Waals surface area contributed by atoms with Crippen LogP contribution >= 0.6 is 0 Å². The average Bonchev–Trinajstić information content (AvgIpc) is 2.99. The van der Waals surface area contributed by atoms with Crippen molar-refractivity contribution in [3.05, 3.63) is 36.4 Å². The maximum absolute atomic E-state index is 2.63. The Kier molecular flexibility index (Phi) is 5.33. The molecule has 0 fully saturated rings. The molecule has 2 heterocycles. The molecule has 0 radical (unpaired) electrons.